The number of aliphatic hydroxyl groups is 1. The Morgan fingerprint density at radius 1 is 1.38 bits per heavy atom. The molecule has 0 saturated carbocycles. The zero-order valence-electron chi connectivity index (χ0n) is 8.21. The largest absolute Gasteiger partial charge is 0.396 e. The predicted molar refractivity (Wildman–Crippen MR) is 56.2 cm³/mol. The summed E-state index contributed by atoms with van der Waals surface area (Å²) >= 11 is 5.62. The van der Waals surface area contributed by atoms with Crippen molar-refractivity contribution >= 4 is 11.6 Å². The van der Waals surface area contributed by atoms with Gasteiger partial charge in [0.05, 0.1) is 0 Å². The van der Waals surface area contributed by atoms with Crippen LogP contribution in [0.1, 0.15) is 25.7 Å². The van der Waals surface area contributed by atoms with Crippen LogP contribution in [0.2, 0.25) is 0 Å². The summed E-state index contributed by atoms with van der Waals surface area (Å²) in [4.78, 5) is 2.46. The minimum Gasteiger partial charge on any atom is -0.396 e. The van der Waals surface area contributed by atoms with E-state index in [9.17, 15) is 0 Å². The van der Waals surface area contributed by atoms with E-state index in [0.717, 1.165) is 25.4 Å². The Balaban J connectivity index is 2.11. The van der Waals surface area contributed by atoms with Gasteiger partial charge < -0.3 is 10.0 Å². The fourth-order valence-electron chi connectivity index (χ4n) is 1.93. The van der Waals surface area contributed by atoms with Gasteiger partial charge in [0, 0.05) is 19.0 Å². The topological polar surface area (TPSA) is 23.5 Å². The summed E-state index contributed by atoms with van der Waals surface area (Å²) in [5, 5.41) is 9.03. The average molecular weight is 206 g/mol. The Morgan fingerprint density at radius 3 is 2.92 bits per heavy atom. The molecule has 1 rings (SSSR count). The number of aliphatic hydroxyl groups excluding tert-OH is 1. The molecule has 2 nitrogen and oxygen atoms in total. The van der Waals surface area contributed by atoms with Crippen molar-refractivity contribution in [2.45, 2.75) is 25.7 Å². The first-order valence-electron chi connectivity index (χ1n) is 5.26. The Kier molecular flexibility index (Phi) is 5.76. The number of alkyl halides is 1. The molecule has 0 aromatic carbocycles. The molecule has 78 valence electrons. The molecule has 0 amide bonds. The number of likely N-dealkylation sites (tertiary alicyclic amines) is 1. The van der Waals surface area contributed by atoms with E-state index < -0.39 is 0 Å². The van der Waals surface area contributed by atoms with Crippen molar-refractivity contribution in [1.29, 1.82) is 0 Å². The number of halogens is 1. The lowest BCUT2D eigenvalue weighted by Gasteiger charge is -2.31. The maximum atomic E-state index is 9.03. The van der Waals surface area contributed by atoms with Crippen LogP contribution in [0.4, 0.5) is 0 Å². The van der Waals surface area contributed by atoms with Crippen LogP contribution in [0, 0.1) is 5.92 Å². The van der Waals surface area contributed by atoms with E-state index in [0.29, 0.717) is 12.5 Å². The van der Waals surface area contributed by atoms with Gasteiger partial charge in [-0.3, -0.25) is 0 Å². The van der Waals surface area contributed by atoms with Gasteiger partial charge in [-0.25, -0.2) is 0 Å². The maximum absolute atomic E-state index is 9.03. The second-order valence-electron chi connectivity index (χ2n) is 3.89. The van der Waals surface area contributed by atoms with Crippen molar-refractivity contribution in [2.75, 3.05) is 32.1 Å². The third kappa shape index (κ3) is 4.30. The molecule has 0 aromatic heterocycles. The SMILES string of the molecule is OC[C@@H]1CCCN(CCCCCl)C1. The highest BCUT2D eigenvalue weighted by Crippen LogP contribution is 2.15. The molecule has 3 heteroatoms. The van der Waals surface area contributed by atoms with Gasteiger partial charge in [0.1, 0.15) is 0 Å². The molecule has 1 atom stereocenters. The van der Waals surface area contributed by atoms with E-state index in [-0.39, 0.29) is 0 Å². The minimum absolute atomic E-state index is 0.353. The zero-order chi connectivity index (χ0) is 9.52. The van der Waals surface area contributed by atoms with Gasteiger partial charge >= 0.3 is 0 Å². The molecule has 0 bridgehead atoms. The highest BCUT2D eigenvalue weighted by Gasteiger charge is 2.18. The predicted octanol–water partition coefficient (Wildman–Crippen LogP) is 1.71. The van der Waals surface area contributed by atoms with Crippen LogP contribution in [0.25, 0.3) is 0 Å². The molecule has 0 aromatic rings. The van der Waals surface area contributed by atoms with Crippen molar-refractivity contribution in [3.05, 3.63) is 0 Å². The monoisotopic (exact) mass is 205 g/mol. The number of nitrogens with zero attached hydrogens (tertiary/aromatic N) is 1. The third-order valence-electron chi connectivity index (χ3n) is 2.72. The van der Waals surface area contributed by atoms with E-state index >= 15 is 0 Å². The molecule has 13 heavy (non-hydrogen) atoms. The summed E-state index contributed by atoms with van der Waals surface area (Å²) in [5.74, 6) is 1.29. The molecule has 1 aliphatic rings. The van der Waals surface area contributed by atoms with Crippen molar-refractivity contribution in [2.24, 2.45) is 5.92 Å². The van der Waals surface area contributed by atoms with E-state index in [1.807, 2.05) is 0 Å². The summed E-state index contributed by atoms with van der Waals surface area (Å²) in [6, 6.07) is 0. The quantitative estimate of drug-likeness (QED) is 0.546. The van der Waals surface area contributed by atoms with Crippen molar-refractivity contribution in [1.82, 2.24) is 4.90 Å². The van der Waals surface area contributed by atoms with Crippen LogP contribution in [0.5, 0.6) is 0 Å². The van der Waals surface area contributed by atoms with Crippen molar-refractivity contribution in [3.63, 3.8) is 0 Å². The van der Waals surface area contributed by atoms with Crippen molar-refractivity contribution < 1.29 is 5.11 Å². The van der Waals surface area contributed by atoms with Crippen LogP contribution in [0.15, 0.2) is 0 Å². The second-order valence-corrected chi connectivity index (χ2v) is 4.27. The Bertz CT molecular complexity index is 132. The number of hydrogen-bond acceptors (Lipinski definition) is 2. The van der Waals surface area contributed by atoms with Crippen LogP contribution in [0.3, 0.4) is 0 Å². The van der Waals surface area contributed by atoms with E-state index in [2.05, 4.69) is 4.90 Å². The molecule has 0 radical (unpaired) electrons. The number of rotatable bonds is 5. The first kappa shape index (κ1) is 11.3. The van der Waals surface area contributed by atoms with E-state index in [1.54, 1.807) is 0 Å². The van der Waals surface area contributed by atoms with Gasteiger partial charge in [-0.2, -0.15) is 0 Å². The van der Waals surface area contributed by atoms with Crippen LogP contribution >= 0.6 is 11.6 Å². The van der Waals surface area contributed by atoms with Gasteiger partial charge in [-0.05, 0) is 44.7 Å². The van der Waals surface area contributed by atoms with Gasteiger partial charge in [-0.15, -0.1) is 11.6 Å². The van der Waals surface area contributed by atoms with Gasteiger partial charge in [0.25, 0.3) is 0 Å². The first-order chi connectivity index (χ1) is 6.36. The summed E-state index contributed by atoms with van der Waals surface area (Å²) in [7, 11) is 0. The fraction of sp³-hybridized carbons (Fsp3) is 1.00. The lowest BCUT2D eigenvalue weighted by Crippen LogP contribution is -2.37. The molecule has 0 unspecified atom stereocenters. The zero-order valence-corrected chi connectivity index (χ0v) is 8.97. The Hall–Kier alpha value is 0.210. The van der Waals surface area contributed by atoms with Gasteiger partial charge in [0.15, 0.2) is 0 Å². The lowest BCUT2D eigenvalue weighted by atomic mass is 9.99. The number of hydrogen-bond donors (Lipinski definition) is 1. The van der Waals surface area contributed by atoms with Crippen LogP contribution in [-0.2, 0) is 0 Å². The molecule has 1 heterocycles. The summed E-state index contributed by atoms with van der Waals surface area (Å²) < 4.78 is 0. The summed E-state index contributed by atoms with van der Waals surface area (Å²) in [6.45, 7) is 3.80. The van der Waals surface area contributed by atoms with Crippen LogP contribution < -0.4 is 0 Å². The number of unbranched alkanes of at least 4 members (excludes halogenated alkanes) is 1. The second kappa shape index (κ2) is 6.63. The molecule has 1 aliphatic heterocycles. The van der Waals surface area contributed by atoms with Crippen molar-refractivity contribution in [3.8, 4) is 0 Å². The average Bonchev–Trinajstić information content (AvgIpc) is 2.19. The summed E-state index contributed by atoms with van der Waals surface area (Å²) in [5.41, 5.74) is 0. The third-order valence-corrected chi connectivity index (χ3v) is 2.99. The molecule has 0 aliphatic carbocycles. The molecule has 1 fully saturated rings. The lowest BCUT2D eigenvalue weighted by molar-refractivity contribution is 0.119. The molecular weight excluding hydrogens is 186 g/mol. The standard InChI is InChI=1S/C10H20ClNO/c11-5-1-2-6-12-7-3-4-10(8-12)9-13/h10,13H,1-9H2/t10-/m1/s1. The van der Waals surface area contributed by atoms with Gasteiger partial charge in [-0.1, -0.05) is 0 Å². The smallest absolute Gasteiger partial charge is 0.0471 e. The number of piperidine rings is 1. The highest BCUT2D eigenvalue weighted by atomic mass is 35.5. The molecule has 0 spiro atoms. The molecule has 1 saturated heterocycles. The van der Waals surface area contributed by atoms with E-state index in [4.69, 9.17) is 16.7 Å². The van der Waals surface area contributed by atoms with Crippen LogP contribution in [-0.4, -0.2) is 42.1 Å². The van der Waals surface area contributed by atoms with Gasteiger partial charge in [0.2, 0.25) is 0 Å². The normalized spacial score (nSPS) is 24.9. The molecular formula is C10H20ClNO. The fourth-order valence-corrected chi connectivity index (χ4v) is 2.12. The summed E-state index contributed by atoms with van der Waals surface area (Å²) in [6.07, 6.45) is 4.75. The maximum Gasteiger partial charge on any atom is 0.0471 e. The highest BCUT2D eigenvalue weighted by molar-refractivity contribution is 6.17. The molecule has 1 N–H and O–H groups in total. The minimum atomic E-state index is 0.353. The van der Waals surface area contributed by atoms with E-state index in [1.165, 1.54) is 25.8 Å². The Labute approximate surface area is 85.9 Å². The first-order valence-corrected chi connectivity index (χ1v) is 5.79. The Morgan fingerprint density at radius 2 is 2.23 bits per heavy atom.